The molecule has 0 bridgehead atoms. The predicted octanol–water partition coefficient (Wildman–Crippen LogP) is -7.55. The summed E-state index contributed by atoms with van der Waals surface area (Å²) < 4.78 is 44.2. The van der Waals surface area contributed by atoms with Gasteiger partial charge >= 0.3 is 11.9 Å². The van der Waals surface area contributed by atoms with Crippen LogP contribution in [0.15, 0.2) is 0 Å². The van der Waals surface area contributed by atoms with Gasteiger partial charge < -0.3 is 99.6 Å². The number of hydrogen-bond donors (Lipinski definition) is 12. The summed E-state index contributed by atoms with van der Waals surface area (Å²) in [5, 5.41) is 110. The van der Waals surface area contributed by atoms with Crippen molar-refractivity contribution in [3.05, 3.63) is 0 Å². The molecule has 24 heteroatoms. The van der Waals surface area contributed by atoms with Gasteiger partial charge in [0.25, 0.3) is 0 Å². The van der Waals surface area contributed by atoms with Crippen molar-refractivity contribution in [3.63, 3.8) is 0 Å². The first-order valence-electron chi connectivity index (χ1n) is 16.8. The summed E-state index contributed by atoms with van der Waals surface area (Å²) in [6.45, 7) is 1.96. The predicted molar refractivity (Wildman–Crippen MR) is 166 cm³/mol. The number of nitrogens with one attached hydrogen (secondary N) is 2. The number of hydrogen-bond acceptors (Lipinski definition) is 20. The largest absolute Gasteiger partial charge is 0.479 e. The average molecular weight is 789 g/mol. The van der Waals surface area contributed by atoms with Gasteiger partial charge in [-0.15, -0.1) is 0 Å². The van der Waals surface area contributed by atoms with Crippen LogP contribution in [0.1, 0.15) is 20.8 Å². The molecule has 4 rings (SSSR count). The Morgan fingerprint density at radius 2 is 0.963 bits per heavy atom. The number of aliphatic hydroxyl groups excluding tert-OH is 8. The number of ether oxygens (including phenoxy) is 8. The van der Waals surface area contributed by atoms with Gasteiger partial charge in [-0.1, -0.05) is 0 Å². The lowest BCUT2D eigenvalue weighted by Gasteiger charge is -2.50. The van der Waals surface area contributed by atoms with Crippen LogP contribution >= 0.6 is 0 Å². The van der Waals surface area contributed by atoms with Crippen LogP contribution < -0.4 is 10.6 Å². The van der Waals surface area contributed by atoms with Gasteiger partial charge in [-0.3, -0.25) is 9.59 Å². The van der Waals surface area contributed by atoms with Gasteiger partial charge in [-0.25, -0.2) is 9.59 Å². The third-order valence-electron chi connectivity index (χ3n) is 9.46. The van der Waals surface area contributed by atoms with Gasteiger partial charge in [-0.05, 0) is 6.92 Å². The van der Waals surface area contributed by atoms with E-state index in [1.54, 1.807) is 0 Å². The number of aliphatic carboxylic acids is 2. The fraction of sp³-hybridized carbons (Fsp3) is 0.867. The summed E-state index contributed by atoms with van der Waals surface area (Å²) in [6, 6.07) is -2.87. The summed E-state index contributed by atoms with van der Waals surface area (Å²) in [5.74, 6) is -4.85. The Morgan fingerprint density at radius 1 is 0.556 bits per heavy atom. The second-order valence-electron chi connectivity index (χ2n) is 13.2. The van der Waals surface area contributed by atoms with E-state index in [1.807, 2.05) is 0 Å². The maximum atomic E-state index is 12.5. The summed E-state index contributed by atoms with van der Waals surface area (Å²) in [4.78, 5) is 48.7. The van der Waals surface area contributed by atoms with Crippen molar-refractivity contribution in [3.8, 4) is 0 Å². The Hall–Kier alpha value is -2.76. The highest BCUT2D eigenvalue weighted by molar-refractivity contribution is 5.74. The lowest BCUT2D eigenvalue weighted by Crippen LogP contribution is -2.70. The Morgan fingerprint density at radius 3 is 1.41 bits per heavy atom. The molecule has 0 aromatic carbocycles. The minimum Gasteiger partial charge on any atom is -0.479 e. The first kappa shape index (κ1) is 44.0. The molecule has 20 unspecified atom stereocenters. The van der Waals surface area contributed by atoms with Crippen LogP contribution in [0.5, 0.6) is 0 Å². The molecular weight excluding hydrogens is 740 g/mol. The molecule has 54 heavy (non-hydrogen) atoms. The highest BCUT2D eigenvalue weighted by Gasteiger charge is 2.57. The van der Waals surface area contributed by atoms with E-state index in [4.69, 9.17) is 37.9 Å². The van der Waals surface area contributed by atoms with Crippen molar-refractivity contribution in [2.45, 2.75) is 143 Å². The maximum absolute atomic E-state index is 12.5. The summed E-state index contributed by atoms with van der Waals surface area (Å²) in [5.41, 5.74) is 0. The zero-order valence-corrected chi connectivity index (χ0v) is 29.3. The van der Waals surface area contributed by atoms with Gasteiger partial charge in [0.1, 0.15) is 79.3 Å². The van der Waals surface area contributed by atoms with Gasteiger partial charge in [0.2, 0.25) is 11.8 Å². The molecule has 0 radical (unpaired) electrons. The van der Waals surface area contributed by atoms with Crippen LogP contribution in [-0.4, -0.2) is 218 Å². The number of carboxylic acids is 2. The van der Waals surface area contributed by atoms with E-state index in [-0.39, 0.29) is 0 Å². The summed E-state index contributed by atoms with van der Waals surface area (Å²) in [6.07, 6.45) is -32.9. The summed E-state index contributed by atoms with van der Waals surface area (Å²) >= 11 is 0. The van der Waals surface area contributed by atoms with Crippen molar-refractivity contribution >= 4 is 23.8 Å². The standard InChI is InChI=1S/C30H48N2O22/c1-7-12(31-8(2)35)20(14(37)10(5-33)48-7)50-30-19(42)17(40)23(25(54-30)27(45)46)52-28-13(32-9(3)36)21(15(38)11(6-34)49-28)51-29-18(41)16(39)22(47-4)24(53-29)26(43)44/h7,10-25,28-30,33-34,37-42H,5-6H2,1-4H3,(H,31,35)(H,32,36)(H,43,44)(H,45,46). The van der Waals surface area contributed by atoms with Crippen LogP contribution in [0.25, 0.3) is 0 Å². The van der Waals surface area contributed by atoms with Crippen molar-refractivity contribution in [2.24, 2.45) is 0 Å². The fourth-order valence-electron chi connectivity index (χ4n) is 6.79. The molecule has 0 saturated carbocycles. The molecule has 4 aliphatic heterocycles. The second-order valence-corrected chi connectivity index (χ2v) is 13.2. The topological polar surface area (TPSA) is 368 Å². The molecule has 4 heterocycles. The molecule has 2 amide bonds. The minimum absolute atomic E-state index is 0.586. The number of amides is 2. The smallest absolute Gasteiger partial charge is 0.335 e. The molecule has 0 aromatic heterocycles. The number of aliphatic hydroxyl groups is 8. The van der Waals surface area contributed by atoms with Crippen LogP contribution in [0.2, 0.25) is 0 Å². The number of methoxy groups -OCH3 is 1. The Labute approximate surface area is 306 Å². The third-order valence-corrected chi connectivity index (χ3v) is 9.46. The molecule has 4 saturated heterocycles. The Kier molecular flexibility index (Phi) is 15.0. The molecule has 4 fully saturated rings. The highest BCUT2D eigenvalue weighted by Crippen LogP contribution is 2.35. The quantitative estimate of drug-likeness (QED) is 0.0824. The molecule has 0 spiro atoms. The zero-order valence-electron chi connectivity index (χ0n) is 29.3. The van der Waals surface area contributed by atoms with Crippen LogP contribution in [0.3, 0.4) is 0 Å². The van der Waals surface area contributed by atoms with E-state index >= 15 is 0 Å². The first-order chi connectivity index (χ1) is 25.4. The number of carbonyl (C=O) groups excluding carboxylic acids is 2. The molecule has 310 valence electrons. The van der Waals surface area contributed by atoms with Crippen LogP contribution in [0, 0.1) is 0 Å². The number of carbonyl (C=O) groups is 4. The average Bonchev–Trinajstić information content (AvgIpc) is 3.10. The summed E-state index contributed by atoms with van der Waals surface area (Å²) in [7, 11) is 1.05. The van der Waals surface area contributed by atoms with Gasteiger partial charge in [-0.2, -0.15) is 0 Å². The van der Waals surface area contributed by atoms with Crippen LogP contribution in [0.4, 0.5) is 0 Å². The molecule has 0 aromatic rings. The van der Waals surface area contributed by atoms with E-state index in [1.165, 1.54) is 6.92 Å². The maximum Gasteiger partial charge on any atom is 0.335 e. The minimum atomic E-state index is -2.23. The van der Waals surface area contributed by atoms with Gasteiger partial charge in [0, 0.05) is 21.0 Å². The van der Waals surface area contributed by atoms with Crippen molar-refractivity contribution in [1.82, 2.24) is 10.6 Å². The van der Waals surface area contributed by atoms with Crippen LogP contribution in [-0.2, 0) is 57.1 Å². The van der Waals surface area contributed by atoms with Crippen molar-refractivity contribution in [1.29, 1.82) is 0 Å². The molecular formula is C30H48N2O22. The van der Waals surface area contributed by atoms with Crippen molar-refractivity contribution in [2.75, 3.05) is 20.3 Å². The monoisotopic (exact) mass is 788 g/mol. The SMILES string of the molecule is COC1C(C(=O)O)OC(OC2C(O)C(CO)OC(OC3C(C(=O)O)OC(OC4C(O)C(CO)OC(C)C4NC(C)=O)C(O)C3O)C2NC(C)=O)C(O)C1O. The number of carboxylic acid groups (broad SMARTS) is 2. The normalized spacial score (nSPS) is 45.6. The highest BCUT2D eigenvalue weighted by atomic mass is 16.8. The molecule has 12 N–H and O–H groups in total. The van der Waals surface area contributed by atoms with E-state index in [0.717, 1.165) is 21.0 Å². The van der Waals surface area contributed by atoms with E-state index < -0.39 is 159 Å². The first-order valence-corrected chi connectivity index (χ1v) is 16.8. The molecule has 20 atom stereocenters. The van der Waals surface area contributed by atoms with Gasteiger partial charge in [0.15, 0.2) is 31.1 Å². The Bertz CT molecular complexity index is 1310. The zero-order chi connectivity index (χ0) is 40.3. The molecule has 4 aliphatic rings. The molecule has 24 nitrogen and oxygen atoms in total. The molecule has 0 aliphatic carbocycles. The third kappa shape index (κ3) is 9.26. The second kappa shape index (κ2) is 18.5. The fourth-order valence-corrected chi connectivity index (χ4v) is 6.79. The van der Waals surface area contributed by atoms with E-state index in [9.17, 15) is 70.2 Å². The van der Waals surface area contributed by atoms with E-state index in [2.05, 4.69) is 10.6 Å². The van der Waals surface area contributed by atoms with E-state index in [0.29, 0.717) is 0 Å². The van der Waals surface area contributed by atoms with Gasteiger partial charge in [0.05, 0.1) is 25.4 Å². The van der Waals surface area contributed by atoms with Crippen molar-refractivity contribution < 1.29 is 108 Å². The lowest BCUT2D eigenvalue weighted by atomic mass is 9.92. The number of rotatable bonds is 13. The lowest BCUT2D eigenvalue weighted by molar-refractivity contribution is -0.366. The Balaban J connectivity index is 1.62.